The maximum absolute atomic E-state index is 12.5. The Hall–Kier alpha value is -2.41. The van der Waals surface area contributed by atoms with Gasteiger partial charge in [0.15, 0.2) is 0 Å². The molecule has 1 fully saturated rings. The number of likely N-dealkylation sites (tertiary alicyclic amines) is 1. The number of amides is 2. The van der Waals surface area contributed by atoms with Crippen LogP contribution in [0.1, 0.15) is 25.0 Å². The molecule has 1 aliphatic heterocycles. The van der Waals surface area contributed by atoms with Crippen LogP contribution in [0.2, 0.25) is 0 Å². The summed E-state index contributed by atoms with van der Waals surface area (Å²) >= 11 is 1.15. The number of aryl methyl sites for hydroxylation is 1. The van der Waals surface area contributed by atoms with Gasteiger partial charge in [0.25, 0.3) is 0 Å². The second-order valence-corrected chi connectivity index (χ2v) is 7.40. The quantitative estimate of drug-likeness (QED) is 0.875. The van der Waals surface area contributed by atoms with E-state index in [0.29, 0.717) is 19.6 Å². The van der Waals surface area contributed by atoms with Gasteiger partial charge in [0.2, 0.25) is 11.8 Å². The summed E-state index contributed by atoms with van der Waals surface area (Å²) in [6.07, 6.45) is 1.88. The summed E-state index contributed by atoms with van der Waals surface area (Å²) < 4.78 is 1.63. The number of carbonyl (C=O) groups is 2. The van der Waals surface area contributed by atoms with Gasteiger partial charge in [-0.2, -0.15) is 0 Å². The number of nitrogens with one attached hydrogen (secondary N) is 1. The fourth-order valence-electron chi connectivity index (χ4n) is 3.22. The molecule has 1 saturated heterocycles. The van der Waals surface area contributed by atoms with Crippen LogP contribution in [0, 0.1) is 12.8 Å². The Labute approximate surface area is 156 Å². The lowest BCUT2D eigenvalue weighted by Gasteiger charge is -2.32. The Bertz CT molecular complexity index is 828. The lowest BCUT2D eigenvalue weighted by atomic mass is 9.96. The highest BCUT2D eigenvalue weighted by atomic mass is 32.1. The Morgan fingerprint density at radius 2 is 2.04 bits per heavy atom. The number of hydrogen-bond acceptors (Lipinski definition) is 4. The normalized spacial score (nSPS) is 17.1. The van der Waals surface area contributed by atoms with Crippen molar-refractivity contribution in [1.82, 2.24) is 9.47 Å². The number of rotatable bonds is 5. The molecule has 2 aromatic rings. The van der Waals surface area contributed by atoms with E-state index in [1.54, 1.807) is 14.8 Å². The van der Waals surface area contributed by atoms with Crippen LogP contribution < -0.4 is 10.2 Å². The Morgan fingerprint density at radius 3 is 2.73 bits per heavy atom. The molecule has 0 bridgehead atoms. The average Bonchev–Trinajstić information content (AvgIpc) is 2.98. The Kier molecular flexibility index (Phi) is 5.88. The van der Waals surface area contributed by atoms with Gasteiger partial charge in [0.05, 0.1) is 5.92 Å². The van der Waals surface area contributed by atoms with E-state index in [2.05, 4.69) is 5.32 Å². The molecular weight excluding hydrogens is 350 g/mol. The first-order valence-electron chi connectivity index (χ1n) is 8.83. The third-order valence-electron chi connectivity index (χ3n) is 4.71. The van der Waals surface area contributed by atoms with Crippen LogP contribution in [0.15, 0.2) is 40.5 Å². The van der Waals surface area contributed by atoms with E-state index in [4.69, 9.17) is 0 Å². The lowest BCUT2D eigenvalue weighted by Crippen LogP contribution is -2.44. The van der Waals surface area contributed by atoms with E-state index in [1.807, 2.05) is 37.3 Å². The monoisotopic (exact) mass is 373 g/mol. The molecular formula is C19H23N3O3S. The van der Waals surface area contributed by atoms with Crippen molar-refractivity contribution in [2.45, 2.75) is 32.7 Å². The van der Waals surface area contributed by atoms with Gasteiger partial charge in [-0.15, -0.1) is 0 Å². The minimum atomic E-state index is -0.196. The predicted octanol–water partition coefficient (Wildman–Crippen LogP) is 2.49. The number of benzene rings is 1. The van der Waals surface area contributed by atoms with Crippen molar-refractivity contribution in [3.05, 3.63) is 51.1 Å². The number of hydrogen-bond donors (Lipinski definition) is 1. The molecule has 1 aromatic heterocycles. The van der Waals surface area contributed by atoms with Crippen LogP contribution in [-0.4, -0.2) is 34.4 Å². The van der Waals surface area contributed by atoms with Crippen LogP contribution in [0.3, 0.4) is 0 Å². The van der Waals surface area contributed by atoms with Crippen molar-refractivity contribution in [1.29, 1.82) is 0 Å². The minimum absolute atomic E-state index is 0.000267. The fraction of sp³-hybridized carbons (Fsp3) is 0.421. The Morgan fingerprint density at radius 1 is 1.27 bits per heavy atom. The van der Waals surface area contributed by atoms with Gasteiger partial charge in [0, 0.05) is 42.8 Å². The summed E-state index contributed by atoms with van der Waals surface area (Å²) in [6, 6.07) is 9.35. The number of aromatic nitrogens is 1. The second kappa shape index (κ2) is 8.31. The molecule has 2 amide bonds. The third-order valence-corrected chi connectivity index (χ3v) is 5.59. The zero-order valence-electron chi connectivity index (χ0n) is 14.8. The van der Waals surface area contributed by atoms with Crippen LogP contribution >= 0.6 is 11.3 Å². The zero-order chi connectivity index (χ0) is 18.5. The van der Waals surface area contributed by atoms with Gasteiger partial charge < -0.3 is 14.8 Å². The van der Waals surface area contributed by atoms with Crippen LogP contribution in [0.4, 0.5) is 5.69 Å². The zero-order valence-corrected chi connectivity index (χ0v) is 15.6. The molecule has 3 rings (SSSR count). The maximum atomic E-state index is 12.5. The lowest BCUT2D eigenvalue weighted by molar-refractivity contribution is -0.134. The van der Waals surface area contributed by atoms with E-state index in [-0.39, 0.29) is 29.0 Å². The number of thiazole rings is 1. The standard InChI is InChI=1S/C19H23N3O3S/c1-14-13-26-19(25)22(14)11-9-17(23)21-10-5-6-15(12-21)18(24)20-16-7-3-2-4-8-16/h2-4,7-8,13,15H,5-6,9-12H2,1H3,(H,20,24). The molecule has 0 aliphatic carbocycles. The molecule has 26 heavy (non-hydrogen) atoms. The molecule has 138 valence electrons. The first-order chi connectivity index (χ1) is 12.5. The van der Waals surface area contributed by atoms with Gasteiger partial charge in [-0.05, 0) is 31.9 Å². The maximum Gasteiger partial charge on any atom is 0.307 e. The molecule has 7 heteroatoms. The van der Waals surface area contributed by atoms with E-state index in [9.17, 15) is 14.4 Å². The van der Waals surface area contributed by atoms with Crippen LogP contribution in [0.25, 0.3) is 0 Å². The van der Waals surface area contributed by atoms with Gasteiger partial charge in [-0.3, -0.25) is 14.4 Å². The third kappa shape index (κ3) is 4.40. The van der Waals surface area contributed by atoms with Gasteiger partial charge in [0.1, 0.15) is 0 Å². The summed E-state index contributed by atoms with van der Waals surface area (Å²) in [5, 5.41) is 4.72. The topological polar surface area (TPSA) is 71.4 Å². The summed E-state index contributed by atoms with van der Waals surface area (Å²) in [6.45, 7) is 3.37. The van der Waals surface area contributed by atoms with Crippen LogP contribution in [-0.2, 0) is 16.1 Å². The van der Waals surface area contributed by atoms with Crippen molar-refractivity contribution in [2.75, 3.05) is 18.4 Å². The van der Waals surface area contributed by atoms with Gasteiger partial charge in [-0.25, -0.2) is 0 Å². The fourth-order valence-corrected chi connectivity index (χ4v) is 3.98. The molecule has 6 nitrogen and oxygen atoms in total. The molecule has 1 aromatic carbocycles. The number of piperidine rings is 1. The van der Waals surface area contributed by atoms with Crippen molar-refractivity contribution in [3.8, 4) is 0 Å². The van der Waals surface area contributed by atoms with Gasteiger partial charge in [-0.1, -0.05) is 29.5 Å². The highest BCUT2D eigenvalue weighted by Gasteiger charge is 2.28. The number of nitrogens with zero attached hydrogens (tertiary/aromatic N) is 2. The van der Waals surface area contributed by atoms with Crippen molar-refractivity contribution in [3.63, 3.8) is 0 Å². The largest absolute Gasteiger partial charge is 0.342 e. The van der Waals surface area contributed by atoms with Crippen molar-refractivity contribution < 1.29 is 9.59 Å². The minimum Gasteiger partial charge on any atom is -0.342 e. The van der Waals surface area contributed by atoms with Crippen molar-refractivity contribution >= 4 is 28.8 Å². The summed E-state index contributed by atoms with van der Waals surface area (Å²) in [4.78, 5) is 38.5. The smallest absolute Gasteiger partial charge is 0.307 e. The molecule has 0 radical (unpaired) electrons. The highest BCUT2D eigenvalue weighted by Crippen LogP contribution is 2.19. The average molecular weight is 373 g/mol. The SMILES string of the molecule is Cc1csc(=O)n1CCC(=O)N1CCCC(C(=O)Nc2ccccc2)C1. The van der Waals surface area contributed by atoms with E-state index < -0.39 is 0 Å². The molecule has 1 N–H and O–H groups in total. The number of para-hydroxylation sites is 1. The van der Waals surface area contributed by atoms with Gasteiger partial charge >= 0.3 is 4.87 Å². The first kappa shape index (κ1) is 18.4. The molecule has 1 atom stereocenters. The van der Waals surface area contributed by atoms with E-state index in [1.165, 1.54) is 0 Å². The van der Waals surface area contributed by atoms with E-state index in [0.717, 1.165) is 35.6 Å². The Balaban J connectivity index is 1.55. The van der Waals surface area contributed by atoms with E-state index >= 15 is 0 Å². The first-order valence-corrected chi connectivity index (χ1v) is 9.71. The summed E-state index contributed by atoms with van der Waals surface area (Å²) in [5.41, 5.74) is 1.65. The predicted molar refractivity (Wildman–Crippen MR) is 102 cm³/mol. The second-order valence-electron chi connectivity index (χ2n) is 6.58. The molecule has 0 spiro atoms. The molecule has 2 heterocycles. The summed E-state index contributed by atoms with van der Waals surface area (Å²) in [7, 11) is 0. The number of carbonyl (C=O) groups excluding carboxylic acids is 2. The molecule has 1 aliphatic rings. The molecule has 0 saturated carbocycles. The highest BCUT2D eigenvalue weighted by molar-refractivity contribution is 7.07. The summed E-state index contributed by atoms with van der Waals surface area (Å²) in [5.74, 6) is -0.239. The molecule has 1 unspecified atom stereocenters. The van der Waals surface area contributed by atoms with Crippen LogP contribution in [0.5, 0.6) is 0 Å². The number of anilines is 1. The van der Waals surface area contributed by atoms with Crippen molar-refractivity contribution in [2.24, 2.45) is 5.92 Å².